The van der Waals surface area contributed by atoms with Crippen molar-refractivity contribution in [3.8, 4) is 0 Å². The number of aliphatic carboxylic acids is 2. The number of likely N-dealkylation sites (tertiary alicyclic amines) is 1. The molecule has 2 atom stereocenters. The summed E-state index contributed by atoms with van der Waals surface area (Å²) in [5.41, 5.74) is 0.562. The van der Waals surface area contributed by atoms with Crippen molar-refractivity contribution in [1.82, 2.24) is 15.2 Å². The van der Waals surface area contributed by atoms with Crippen molar-refractivity contribution in [3.05, 3.63) is 52.5 Å². The fourth-order valence-electron chi connectivity index (χ4n) is 3.89. The van der Waals surface area contributed by atoms with Crippen LogP contribution in [0.5, 0.6) is 0 Å². The topological polar surface area (TPSA) is 129 Å². The van der Waals surface area contributed by atoms with Crippen LogP contribution in [0.4, 0.5) is 26.3 Å². The number of thiophene rings is 1. The van der Waals surface area contributed by atoms with E-state index in [0.29, 0.717) is 12.2 Å². The number of nitrogens with one attached hydrogen (secondary N) is 1. The van der Waals surface area contributed by atoms with Crippen LogP contribution in [0.2, 0.25) is 0 Å². The lowest BCUT2D eigenvalue weighted by atomic mass is 9.89. The van der Waals surface area contributed by atoms with Gasteiger partial charge in [0.2, 0.25) is 0 Å². The third-order valence-electron chi connectivity index (χ3n) is 5.61. The molecule has 3 N–H and O–H groups in total. The molecule has 0 saturated carbocycles. The summed E-state index contributed by atoms with van der Waals surface area (Å²) in [5, 5.41) is 19.6. The van der Waals surface area contributed by atoms with E-state index in [1.807, 2.05) is 0 Å². The summed E-state index contributed by atoms with van der Waals surface area (Å²) in [6.45, 7) is 3.72. The van der Waals surface area contributed by atoms with Crippen molar-refractivity contribution in [2.45, 2.75) is 49.8 Å². The number of hydrogen-bond donors (Lipinski definition) is 3. The molecule has 2 aliphatic heterocycles. The Labute approximate surface area is 222 Å². The zero-order valence-electron chi connectivity index (χ0n) is 20.2. The van der Waals surface area contributed by atoms with Gasteiger partial charge in [-0.25, -0.2) is 9.59 Å². The number of alkyl halides is 6. The van der Waals surface area contributed by atoms with E-state index in [4.69, 9.17) is 24.5 Å². The molecule has 2 aromatic rings. The second kappa shape index (κ2) is 13.7. The average Bonchev–Trinajstić information content (AvgIpc) is 3.49. The van der Waals surface area contributed by atoms with Gasteiger partial charge >= 0.3 is 24.3 Å². The van der Waals surface area contributed by atoms with E-state index in [1.54, 1.807) is 35.9 Å². The highest BCUT2D eigenvalue weighted by Crippen LogP contribution is 2.35. The zero-order chi connectivity index (χ0) is 29.3. The molecule has 39 heavy (non-hydrogen) atoms. The smallest absolute Gasteiger partial charge is 0.475 e. The van der Waals surface area contributed by atoms with Crippen molar-refractivity contribution >= 4 is 29.2 Å². The molecule has 0 radical (unpaired) electrons. The van der Waals surface area contributed by atoms with Crippen LogP contribution in [0.25, 0.3) is 0 Å². The lowest BCUT2D eigenvalue weighted by Crippen LogP contribution is -2.49. The van der Waals surface area contributed by atoms with Crippen LogP contribution in [-0.4, -0.2) is 81.6 Å². The van der Waals surface area contributed by atoms with Crippen LogP contribution >= 0.6 is 11.3 Å². The molecule has 4 rings (SSSR count). The standard InChI is InChI=1S/C19H23N3O2S.2C2HF3O2/c23-18(15-3-7-20-8-4-15)21-16-5-10-24-19(12-16)6-9-22(14-19)13-17-2-1-11-25-17;2*3-2(4,5)1(6)7/h1-4,7-8,11,16H,5-6,9-10,12-14H2,(H,21,23);2*(H,6,7)/t16-,19+;;/m0../s1. The highest BCUT2D eigenvalue weighted by atomic mass is 32.1. The second-order valence-corrected chi connectivity index (χ2v) is 9.61. The number of pyridine rings is 1. The Bertz CT molecular complexity index is 1060. The molecule has 0 bridgehead atoms. The number of nitrogens with zero attached hydrogens (tertiary/aromatic N) is 2. The van der Waals surface area contributed by atoms with Crippen molar-refractivity contribution in [2.75, 3.05) is 19.7 Å². The molecular formula is C23H25F6N3O6S. The van der Waals surface area contributed by atoms with Crippen molar-refractivity contribution < 1.29 is 55.7 Å². The normalized spacial score (nSPS) is 21.2. The van der Waals surface area contributed by atoms with Gasteiger partial charge in [0, 0.05) is 55.1 Å². The summed E-state index contributed by atoms with van der Waals surface area (Å²) >= 11 is 1.81. The SMILES string of the molecule is O=C(N[C@H]1CCO[C@]2(CCN(Cc3cccs3)C2)C1)c1ccncc1.O=C(O)C(F)(F)F.O=C(O)C(F)(F)F. The molecule has 0 aliphatic carbocycles. The molecule has 1 amide bonds. The number of carboxylic acids is 2. The number of amides is 1. The van der Waals surface area contributed by atoms with Gasteiger partial charge < -0.3 is 20.3 Å². The predicted octanol–water partition coefficient (Wildman–Crippen LogP) is 3.96. The Morgan fingerprint density at radius 3 is 2.18 bits per heavy atom. The van der Waals surface area contributed by atoms with Gasteiger partial charge in [0.25, 0.3) is 5.91 Å². The van der Waals surface area contributed by atoms with E-state index >= 15 is 0 Å². The van der Waals surface area contributed by atoms with Crippen LogP contribution in [0, 0.1) is 0 Å². The van der Waals surface area contributed by atoms with Crippen LogP contribution in [0.3, 0.4) is 0 Å². The zero-order valence-corrected chi connectivity index (χ0v) is 21.0. The Morgan fingerprint density at radius 1 is 1.08 bits per heavy atom. The van der Waals surface area contributed by atoms with Crippen molar-refractivity contribution in [3.63, 3.8) is 0 Å². The van der Waals surface area contributed by atoms with Crippen LogP contribution in [0.15, 0.2) is 42.0 Å². The van der Waals surface area contributed by atoms with E-state index < -0.39 is 24.3 Å². The molecule has 1 spiro atoms. The van der Waals surface area contributed by atoms with E-state index in [9.17, 15) is 31.1 Å². The highest BCUT2D eigenvalue weighted by Gasteiger charge is 2.43. The number of rotatable bonds is 4. The molecule has 0 aromatic carbocycles. The Hall–Kier alpha value is -3.24. The lowest BCUT2D eigenvalue weighted by Gasteiger charge is -2.38. The molecule has 16 heteroatoms. The molecule has 2 fully saturated rings. The molecule has 2 aliphatic rings. The van der Waals surface area contributed by atoms with Crippen molar-refractivity contribution in [2.24, 2.45) is 0 Å². The first-order valence-electron chi connectivity index (χ1n) is 11.3. The van der Waals surface area contributed by atoms with Crippen molar-refractivity contribution in [1.29, 1.82) is 0 Å². The second-order valence-electron chi connectivity index (χ2n) is 8.58. The first-order valence-corrected chi connectivity index (χ1v) is 12.2. The summed E-state index contributed by atoms with van der Waals surface area (Å²) in [6.07, 6.45) is -4.05. The summed E-state index contributed by atoms with van der Waals surface area (Å²) in [4.78, 5) is 38.0. The third kappa shape index (κ3) is 10.8. The average molecular weight is 586 g/mol. The maximum Gasteiger partial charge on any atom is 0.490 e. The molecule has 9 nitrogen and oxygen atoms in total. The fraction of sp³-hybridized carbons (Fsp3) is 0.478. The van der Waals surface area contributed by atoms with Crippen LogP contribution in [-0.2, 0) is 20.9 Å². The minimum absolute atomic E-state index is 0.0158. The number of aromatic nitrogens is 1. The maximum atomic E-state index is 12.4. The summed E-state index contributed by atoms with van der Waals surface area (Å²) in [5.74, 6) is -5.53. The van der Waals surface area contributed by atoms with Gasteiger partial charge in [-0.05, 0) is 42.8 Å². The molecule has 2 saturated heterocycles. The molecule has 216 valence electrons. The number of ether oxygens (including phenoxy) is 1. The van der Waals surface area contributed by atoms with E-state index in [-0.39, 0.29) is 17.6 Å². The van der Waals surface area contributed by atoms with Gasteiger partial charge in [-0.15, -0.1) is 11.3 Å². The van der Waals surface area contributed by atoms with E-state index in [2.05, 4.69) is 32.7 Å². The Kier molecular flexibility index (Phi) is 11.2. The van der Waals surface area contributed by atoms with Gasteiger partial charge in [0.1, 0.15) is 0 Å². The van der Waals surface area contributed by atoms with E-state index in [1.165, 1.54) is 4.88 Å². The summed E-state index contributed by atoms with van der Waals surface area (Å²) in [7, 11) is 0. The highest BCUT2D eigenvalue weighted by molar-refractivity contribution is 7.09. The van der Waals surface area contributed by atoms with Crippen LogP contribution < -0.4 is 5.32 Å². The lowest BCUT2D eigenvalue weighted by molar-refractivity contribution is -0.193. The summed E-state index contributed by atoms with van der Waals surface area (Å²) in [6, 6.07) is 7.98. The number of halogens is 6. The number of carbonyl (C=O) groups is 3. The largest absolute Gasteiger partial charge is 0.490 e. The molecular weight excluding hydrogens is 560 g/mol. The Balaban J connectivity index is 0.000000317. The minimum atomic E-state index is -5.08. The quantitative estimate of drug-likeness (QED) is 0.460. The molecule has 0 unspecified atom stereocenters. The minimum Gasteiger partial charge on any atom is -0.475 e. The van der Waals surface area contributed by atoms with Gasteiger partial charge in [0.05, 0.1) is 5.60 Å². The molecule has 2 aromatic heterocycles. The number of carbonyl (C=O) groups excluding carboxylic acids is 1. The van der Waals surface area contributed by atoms with Gasteiger partial charge in [-0.1, -0.05) is 6.07 Å². The van der Waals surface area contributed by atoms with Crippen LogP contribution in [0.1, 0.15) is 34.5 Å². The van der Waals surface area contributed by atoms with Gasteiger partial charge in [0.15, 0.2) is 0 Å². The Morgan fingerprint density at radius 2 is 1.67 bits per heavy atom. The maximum absolute atomic E-state index is 12.4. The van der Waals surface area contributed by atoms with Gasteiger partial charge in [-0.2, -0.15) is 26.3 Å². The first-order chi connectivity index (χ1) is 18.1. The first kappa shape index (κ1) is 32.0. The fourth-order valence-corrected chi connectivity index (χ4v) is 4.64. The van der Waals surface area contributed by atoms with Gasteiger partial charge in [-0.3, -0.25) is 14.7 Å². The summed E-state index contributed by atoms with van der Waals surface area (Å²) < 4.78 is 69.7. The molecule has 4 heterocycles. The predicted molar refractivity (Wildman–Crippen MR) is 125 cm³/mol. The number of carboxylic acid groups (broad SMARTS) is 2. The van der Waals surface area contributed by atoms with E-state index in [0.717, 1.165) is 38.9 Å². The monoisotopic (exact) mass is 585 g/mol. The number of hydrogen-bond acceptors (Lipinski definition) is 7. The third-order valence-corrected chi connectivity index (χ3v) is 6.47.